The number of piperazine rings is 1. The Bertz CT molecular complexity index is 2560. The molecule has 5 fully saturated rings. The molecule has 60 heavy (non-hydrogen) atoms. The number of carbonyl (C=O) groups excluding carboxylic acids is 3. The van der Waals surface area contributed by atoms with E-state index in [-0.39, 0.29) is 35.4 Å². The van der Waals surface area contributed by atoms with E-state index in [1.165, 1.54) is 4.57 Å². The van der Waals surface area contributed by atoms with E-state index < -0.39 is 46.6 Å². The third-order valence-corrected chi connectivity index (χ3v) is 13.3. The van der Waals surface area contributed by atoms with Gasteiger partial charge in [0.05, 0.1) is 16.6 Å². The minimum Gasteiger partial charge on any atom is -0.503 e. The molecule has 5 aliphatic rings. The van der Waals surface area contributed by atoms with Crippen molar-refractivity contribution in [1.29, 1.82) is 0 Å². The number of fused-ring (bicyclic) bond motifs is 4. The fourth-order valence-corrected chi connectivity index (χ4v) is 9.40. The molecule has 10 rings (SSSR count). The standard InChI is InChI=1S/C41H43F3N10O6/c1-51-29-20-23(2-4-27(29)54(39(51)59)28-5-7-31(55)46-37(28)58)8-15-52-16-18-53(19-17-52)30-6-3-26(48-49-30)35-47-38(60-50-35)41-12-9-40(10-13-41,11-14-41)22-45-36(57)24-21-25(42)34(56)33(44)32(24)43/h2-4,6,20-21,28,56H,5,7-19,22H2,1H3,(H,45,57)(H,46,55,58)/t28?,40-,41+. The maximum absolute atomic E-state index is 14.3. The largest absolute Gasteiger partial charge is 0.503 e. The first kappa shape index (κ1) is 39.4. The molecule has 19 heteroatoms. The van der Waals surface area contributed by atoms with Gasteiger partial charge in [0.15, 0.2) is 23.2 Å². The predicted molar refractivity (Wildman–Crippen MR) is 208 cm³/mol. The van der Waals surface area contributed by atoms with Crippen LogP contribution in [0, 0.1) is 22.9 Å². The van der Waals surface area contributed by atoms with Crippen LogP contribution in [-0.2, 0) is 28.5 Å². The van der Waals surface area contributed by atoms with Crippen LogP contribution in [0.1, 0.15) is 79.2 Å². The molecule has 16 nitrogen and oxygen atoms in total. The van der Waals surface area contributed by atoms with Gasteiger partial charge in [0, 0.05) is 58.2 Å². The topological polar surface area (TPSA) is 194 Å². The summed E-state index contributed by atoms with van der Waals surface area (Å²) in [5, 5.41) is 27.4. The van der Waals surface area contributed by atoms with Crippen LogP contribution in [0.4, 0.5) is 19.0 Å². The van der Waals surface area contributed by atoms with Gasteiger partial charge in [-0.25, -0.2) is 13.6 Å². The Hall–Kier alpha value is -6.11. The minimum absolute atomic E-state index is 0.193. The second-order valence-electron chi connectivity index (χ2n) is 16.6. The summed E-state index contributed by atoms with van der Waals surface area (Å²) >= 11 is 0. The number of anilines is 1. The highest BCUT2D eigenvalue weighted by atomic mass is 19.2. The lowest BCUT2D eigenvalue weighted by Gasteiger charge is -2.51. The van der Waals surface area contributed by atoms with Crippen LogP contribution in [0.3, 0.4) is 0 Å². The van der Waals surface area contributed by atoms with Crippen molar-refractivity contribution in [3.8, 4) is 17.3 Å². The summed E-state index contributed by atoms with van der Waals surface area (Å²) in [5.41, 5.74) is 1.32. The van der Waals surface area contributed by atoms with Crippen LogP contribution in [0.15, 0.2) is 45.7 Å². The third-order valence-electron chi connectivity index (χ3n) is 13.3. The normalized spacial score (nSPS) is 23.3. The zero-order valence-electron chi connectivity index (χ0n) is 32.8. The molecule has 2 aromatic carbocycles. The molecule has 2 aliphatic heterocycles. The lowest BCUT2D eigenvalue weighted by Crippen LogP contribution is -2.49. The average molecular weight is 829 g/mol. The molecule has 3 saturated carbocycles. The number of amides is 3. The van der Waals surface area contributed by atoms with Crippen molar-refractivity contribution in [2.45, 2.75) is 69.2 Å². The number of imide groups is 1. The Morgan fingerprint density at radius 1 is 0.950 bits per heavy atom. The Kier molecular flexibility index (Phi) is 9.95. The summed E-state index contributed by atoms with van der Waals surface area (Å²) in [6.07, 6.45) is 5.65. The molecule has 3 aliphatic carbocycles. The van der Waals surface area contributed by atoms with Crippen LogP contribution in [0.25, 0.3) is 22.6 Å². The number of phenolic OH excluding ortho intramolecular Hbond substituents is 1. The average Bonchev–Trinajstić information content (AvgIpc) is 3.87. The monoisotopic (exact) mass is 828 g/mol. The number of aromatic nitrogens is 6. The number of rotatable bonds is 10. The van der Waals surface area contributed by atoms with Crippen molar-refractivity contribution in [1.82, 2.24) is 45.0 Å². The maximum atomic E-state index is 14.3. The zero-order valence-corrected chi connectivity index (χ0v) is 32.8. The van der Waals surface area contributed by atoms with Gasteiger partial charge < -0.3 is 19.8 Å². The van der Waals surface area contributed by atoms with Crippen molar-refractivity contribution >= 4 is 34.6 Å². The molecule has 2 bridgehead atoms. The smallest absolute Gasteiger partial charge is 0.329 e. The van der Waals surface area contributed by atoms with Crippen LogP contribution >= 0.6 is 0 Å². The molecule has 0 radical (unpaired) electrons. The van der Waals surface area contributed by atoms with E-state index in [1.54, 1.807) is 11.6 Å². The van der Waals surface area contributed by atoms with E-state index in [4.69, 9.17) is 9.51 Å². The number of aromatic hydroxyl groups is 1. The Morgan fingerprint density at radius 2 is 1.70 bits per heavy atom. The van der Waals surface area contributed by atoms with E-state index in [2.05, 4.69) is 35.8 Å². The second kappa shape index (κ2) is 15.2. The molecule has 3 amide bonds. The van der Waals surface area contributed by atoms with Crippen molar-refractivity contribution < 1.29 is 37.2 Å². The highest BCUT2D eigenvalue weighted by Gasteiger charge is 2.52. The number of phenols is 1. The summed E-state index contributed by atoms with van der Waals surface area (Å²) in [6.45, 7) is 4.24. The highest BCUT2D eigenvalue weighted by molar-refractivity contribution is 6.00. The maximum Gasteiger partial charge on any atom is 0.329 e. The molecule has 5 aromatic rings. The molecule has 0 spiro atoms. The van der Waals surface area contributed by atoms with Gasteiger partial charge >= 0.3 is 5.69 Å². The van der Waals surface area contributed by atoms with Gasteiger partial charge in [-0.15, -0.1) is 10.2 Å². The summed E-state index contributed by atoms with van der Waals surface area (Å²) < 4.78 is 50.8. The SMILES string of the molecule is Cn1c(=O)n(C2CCC(=O)NC2=O)c2ccc(CCN3CCN(c4ccc(-c5noc([C@]67CC[C@](CNC(=O)c8cc(F)c(O)c(F)c8F)(CC6)CC7)n5)nn4)CC3)cc21. The second-order valence-corrected chi connectivity index (χ2v) is 16.6. The van der Waals surface area contributed by atoms with Gasteiger partial charge in [-0.1, -0.05) is 11.2 Å². The van der Waals surface area contributed by atoms with Gasteiger partial charge in [0.1, 0.15) is 11.7 Å². The van der Waals surface area contributed by atoms with Crippen molar-refractivity contribution in [3.63, 3.8) is 0 Å². The molecule has 314 valence electrons. The quantitative estimate of drug-likeness (QED) is 0.137. The number of carbonyl (C=O) groups is 3. The van der Waals surface area contributed by atoms with Crippen LogP contribution < -0.4 is 21.2 Å². The number of imidazole rings is 1. The van der Waals surface area contributed by atoms with E-state index in [9.17, 15) is 37.5 Å². The number of hydrogen-bond donors (Lipinski definition) is 3. The van der Waals surface area contributed by atoms with E-state index in [0.717, 1.165) is 94.6 Å². The number of nitrogens with one attached hydrogen (secondary N) is 2. The molecule has 3 aromatic heterocycles. The van der Waals surface area contributed by atoms with E-state index in [0.29, 0.717) is 35.4 Å². The lowest BCUT2D eigenvalue weighted by atomic mass is 9.53. The third kappa shape index (κ3) is 6.97. The van der Waals surface area contributed by atoms with Crippen molar-refractivity contribution in [3.05, 3.63) is 81.4 Å². The summed E-state index contributed by atoms with van der Waals surface area (Å²) in [7, 11) is 1.70. The molecule has 3 N–H and O–H groups in total. The number of halogens is 3. The first-order valence-electron chi connectivity index (χ1n) is 20.2. The van der Waals surface area contributed by atoms with Gasteiger partial charge in [0.2, 0.25) is 29.3 Å². The number of aryl methyl sites for hydroxylation is 1. The molecule has 1 unspecified atom stereocenters. The molecular weight excluding hydrogens is 786 g/mol. The Balaban J connectivity index is 0.763. The van der Waals surface area contributed by atoms with E-state index >= 15 is 0 Å². The minimum atomic E-state index is -1.80. The summed E-state index contributed by atoms with van der Waals surface area (Å²) in [6, 6.07) is 9.40. The van der Waals surface area contributed by atoms with Gasteiger partial charge in [-0.05, 0) is 92.7 Å². The molecule has 2 saturated heterocycles. The zero-order chi connectivity index (χ0) is 41.9. The molecular formula is C41H43F3N10O6. The highest BCUT2D eigenvalue weighted by Crippen LogP contribution is 2.57. The van der Waals surface area contributed by atoms with Crippen LogP contribution in [0.2, 0.25) is 0 Å². The van der Waals surface area contributed by atoms with Crippen LogP contribution in [0.5, 0.6) is 5.75 Å². The Labute approximate surface area is 340 Å². The Morgan fingerprint density at radius 3 is 2.40 bits per heavy atom. The number of benzene rings is 2. The fourth-order valence-electron chi connectivity index (χ4n) is 9.40. The predicted octanol–water partition coefficient (Wildman–Crippen LogP) is 3.67. The van der Waals surface area contributed by atoms with Crippen molar-refractivity contribution in [2.24, 2.45) is 12.5 Å². The van der Waals surface area contributed by atoms with Gasteiger partial charge in [0.25, 0.3) is 5.91 Å². The number of hydrogen-bond acceptors (Lipinski definition) is 12. The number of nitrogens with zero attached hydrogens (tertiary/aromatic N) is 8. The first-order chi connectivity index (χ1) is 28.8. The number of piperidine rings is 1. The lowest BCUT2D eigenvalue weighted by molar-refractivity contribution is -0.135. The van der Waals surface area contributed by atoms with E-state index in [1.807, 2.05) is 30.3 Å². The first-order valence-corrected chi connectivity index (χ1v) is 20.2. The molecule has 5 heterocycles. The van der Waals surface area contributed by atoms with Crippen LogP contribution in [-0.4, -0.2) is 96.5 Å². The summed E-state index contributed by atoms with van der Waals surface area (Å²) in [5.74, 6) is -6.35. The van der Waals surface area contributed by atoms with Crippen molar-refractivity contribution in [2.75, 3.05) is 44.2 Å². The fraction of sp³-hybridized carbons (Fsp3) is 0.463. The summed E-state index contributed by atoms with van der Waals surface area (Å²) in [4.78, 5) is 59.3. The van der Waals surface area contributed by atoms with Gasteiger partial charge in [-0.3, -0.25) is 33.7 Å². The molecule has 1 atom stereocenters. The van der Waals surface area contributed by atoms with Gasteiger partial charge in [-0.2, -0.15) is 9.37 Å².